The molecule has 1 aliphatic rings. The fourth-order valence-corrected chi connectivity index (χ4v) is 4.90. The van der Waals surface area contributed by atoms with E-state index in [1.54, 1.807) is 30.2 Å². The molecule has 0 unspecified atom stereocenters. The largest absolute Gasteiger partial charge is 0.493 e. The Hall–Kier alpha value is -4.00. The summed E-state index contributed by atoms with van der Waals surface area (Å²) in [7, 11) is 1.56. The molecule has 0 aromatic heterocycles. The number of carbonyl (C=O) groups is 1. The number of nitrogens with zero attached hydrogens (tertiary/aromatic N) is 1. The SMILES string of the molecule is COc1cc(C(=O)Nc2ccc(N3CC[NH+](Cc4ccccc4)CC3)cc2)ccc1OCc1ccc(Cl)cc1. The second-order valence-electron chi connectivity index (χ2n) is 9.68. The van der Waals surface area contributed by atoms with Gasteiger partial charge in [0.05, 0.1) is 33.3 Å². The van der Waals surface area contributed by atoms with Gasteiger partial charge in [-0.1, -0.05) is 54.1 Å². The number of amides is 1. The highest BCUT2D eigenvalue weighted by atomic mass is 35.5. The van der Waals surface area contributed by atoms with E-state index in [1.807, 2.05) is 36.4 Å². The summed E-state index contributed by atoms with van der Waals surface area (Å²) in [6.07, 6.45) is 0. The lowest BCUT2D eigenvalue weighted by Crippen LogP contribution is -3.13. The molecule has 0 bridgehead atoms. The van der Waals surface area contributed by atoms with Gasteiger partial charge in [0, 0.05) is 27.5 Å². The van der Waals surface area contributed by atoms with E-state index < -0.39 is 0 Å². The molecular formula is C32H33ClN3O3+. The number of hydrogen-bond donors (Lipinski definition) is 2. The first-order chi connectivity index (χ1) is 19.1. The molecule has 0 aliphatic carbocycles. The highest BCUT2D eigenvalue weighted by Gasteiger charge is 2.20. The molecule has 2 N–H and O–H groups in total. The number of halogens is 1. The van der Waals surface area contributed by atoms with Crippen molar-refractivity contribution in [2.75, 3.05) is 43.5 Å². The van der Waals surface area contributed by atoms with Crippen molar-refractivity contribution in [2.45, 2.75) is 13.2 Å². The van der Waals surface area contributed by atoms with Crippen molar-refractivity contribution in [3.8, 4) is 11.5 Å². The van der Waals surface area contributed by atoms with Crippen LogP contribution in [0.25, 0.3) is 0 Å². The minimum absolute atomic E-state index is 0.205. The predicted molar refractivity (Wildman–Crippen MR) is 156 cm³/mol. The molecule has 0 saturated carbocycles. The van der Waals surface area contributed by atoms with Crippen LogP contribution in [0, 0.1) is 0 Å². The lowest BCUT2D eigenvalue weighted by atomic mass is 10.1. The van der Waals surface area contributed by atoms with Gasteiger partial charge in [-0.05, 0) is 60.2 Å². The van der Waals surface area contributed by atoms with Gasteiger partial charge in [-0.25, -0.2) is 0 Å². The van der Waals surface area contributed by atoms with E-state index in [4.69, 9.17) is 21.1 Å². The molecule has 0 radical (unpaired) electrons. The number of piperazine rings is 1. The van der Waals surface area contributed by atoms with Crippen LogP contribution in [-0.2, 0) is 13.2 Å². The van der Waals surface area contributed by atoms with E-state index in [0.29, 0.717) is 28.7 Å². The summed E-state index contributed by atoms with van der Waals surface area (Å²) in [5, 5.41) is 3.67. The number of ether oxygens (including phenoxy) is 2. The average Bonchev–Trinajstić information content (AvgIpc) is 2.98. The molecule has 4 aromatic carbocycles. The summed E-state index contributed by atoms with van der Waals surface area (Å²) >= 11 is 5.95. The molecule has 0 atom stereocenters. The van der Waals surface area contributed by atoms with Gasteiger partial charge in [-0.3, -0.25) is 4.79 Å². The van der Waals surface area contributed by atoms with Gasteiger partial charge >= 0.3 is 0 Å². The molecule has 1 saturated heterocycles. The van der Waals surface area contributed by atoms with Gasteiger partial charge in [-0.15, -0.1) is 0 Å². The van der Waals surface area contributed by atoms with Crippen LogP contribution < -0.4 is 24.6 Å². The number of methoxy groups -OCH3 is 1. The Morgan fingerprint density at radius 3 is 2.28 bits per heavy atom. The third-order valence-electron chi connectivity index (χ3n) is 6.99. The third-order valence-corrected chi connectivity index (χ3v) is 7.24. The van der Waals surface area contributed by atoms with Crippen LogP contribution in [-0.4, -0.2) is 39.2 Å². The molecule has 7 heteroatoms. The van der Waals surface area contributed by atoms with Crippen LogP contribution in [0.2, 0.25) is 5.02 Å². The number of nitrogens with one attached hydrogen (secondary N) is 2. The Balaban J connectivity index is 1.14. The maximum atomic E-state index is 12.9. The average molecular weight is 543 g/mol. The van der Waals surface area contributed by atoms with Crippen LogP contribution >= 0.6 is 11.6 Å². The zero-order chi connectivity index (χ0) is 27.0. The smallest absolute Gasteiger partial charge is 0.255 e. The van der Waals surface area contributed by atoms with Crippen LogP contribution in [0.5, 0.6) is 11.5 Å². The molecule has 39 heavy (non-hydrogen) atoms. The van der Waals surface area contributed by atoms with Gasteiger partial charge in [0.1, 0.15) is 13.2 Å². The predicted octanol–water partition coefficient (Wildman–Crippen LogP) is 5.09. The van der Waals surface area contributed by atoms with Crippen LogP contribution in [0.3, 0.4) is 0 Å². The van der Waals surface area contributed by atoms with Crippen molar-refractivity contribution >= 4 is 28.9 Å². The van der Waals surface area contributed by atoms with E-state index >= 15 is 0 Å². The van der Waals surface area contributed by atoms with Gasteiger partial charge < -0.3 is 24.6 Å². The number of quaternary nitrogens is 1. The minimum Gasteiger partial charge on any atom is -0.493 e. The Morgan fingerprint density at radius 1 is 0.872 bits per heavy atom. The van der Waals surface area contributed by atoms with E-state index in [2.05, 4.69) is 52.7 Å². The zero-order valence-electron chi connectivity index (χ0n) is 22.0. The van der Waals surface area contributed by atoms with Crippen molar-refractivity contribution in [3.63, 3.8) is 0 Å². The van der Waals surface area contributed by atoms with E-state index in [9.17, 15) is 4.79 Å². The molecule has 1 amide bonds. The highest BCUT2D eigenvalue weighted by molar-refractivity contribution is 6.30. The minimum atomic E-state index is -0.205. The second-order valence-corrected chi connectivity index (χ2v) is 10.1. The lowest BCUT2D eigenvalue weighted by molar-refractivity contribution is -0.914. The summed E-state index contributed by atoms with van der Waals surface area (Å²) in [5.41, 5.74) is 4.79. The van der Waals surface area contributed by atoms with Gasteiger partial charge in [0.15, 0.2) is 11.5 Å². The summed E-state index contributed by atoms with van der Waals surface area (Å²) in [6, 6.07) is 31.4. The maximum Gasteiger partial charge on any atom is 0.255 e. The van der Waals surface area contributed by atoms with Crippen molar-refractivity contribution < 1.29 is 19.2 Å². The summed E-state index contributed by atoms with van der Waals surface area (Å²) in [5.74, 6) is 0.864. The lowest BCUT2D eigenvalue weighted by Gasteiger charge is -2.33. The topological polar surface area (TPSA) is 55.2 Å². The Morgan fingerprint density at radius 2 is 1.59 bits per heavy atom. The van der Waals surface area contributed by atoms with Crippen LogP contribution in [0.15, 0.2) is 97.1 Å². The van der Waals surface area contributed by atoms with Crippen molar-refractivity contribution in [3.05, 3.63) is 119 Å². The fraction of sp³-hybridized carbons (Fsp3) is 0.219. The fourth-order valence-electron chi connectivity index (χ4n) is 4.77. The molecule has 200 valence electrons. The summed E-state index contributed by atoms with van der Waals surface area (Å²) < 4.78 is 11.4. The van der Waals surface area contributed by atoms with Crippen molar-refractivity contribution in [2.24, 2.45) is 0 Å². The van der Waals surface area contributed by atoms with Crippen LogP contribution in [0.1, 0.15) is 21.5 Å². The van der Waals surface area contributed by atoms with Gasteiger partial charge in [0.25, 0.3) is 5.91 Å². The maximum absolute atomic E-state index is 12.9. The van der Waals surface area contributed by atoms with E-state index in [1.165, 1.54) is 11.3 Å². The molecule has 1 heterocycles. The van der Waals surface area contributed by atoms with E-state index in [0.717, 1.165) is 44.0 Å². The summed E-state index contributed by atoms with van der Waals surface area (Å²) in [4.78, 5) is 17.0. The number of hydrogen-bond acceptors (Lipinski definition) is 4. The number of benzene rings is 4. The monoisotopic (exact) mass is 542 g/mol. The Kier molecular flexibility index (Phi) is 8.66. The molecule has 1 aliphatic heterocycles. The standard InChI is InChI=1S/C32H32ClN3O3/c1-38-31-21-26(9-16-30(31)39-23-25-7-10-27(33)11-8-25)32(37)34-28-12-14-29(15-13-28)36-19-17-35(18-20-36)22-24-5-3-2-4-6-24/h2-16,21H,17-20,22-23H2,1H3,(H,34,37)/p+1. The first-order valence-electron chi connectivity index (χ1n) is 13.2. The number of rotatable bonds is 9. The quantitative estimate of drug-likeness (QED) is 0.309. The Labute approximate surface area is 234 Å². The summed E-state index contributed by atoms with van der Waals surface area (Å²) in [6.45, 7) is 5.68. The Bertz CT molecular complexity index is 1370. The van der Waals surface area contributed by atoms with E-state index in [-0.39, 0.29) is 5.91 Å². The first kappa shape index (κ1) is 26.6. The highest BCUT2D eigenvalue weighted by Crippen LogP contribution is 2.29. The molecule has 4 aromatic rings. The van der Waals surface area contributed by atoms with Gasteiger partial charge in [-0.2, -0.15) is 0 Å². The number of carbonyl (C=O) groups excluding carboxylic acids is 1. The van der Waals surface area contributed by atoms with Crippen LogP contribution in [0.4, 0.5) is 11.4 Å². The molecule has 6 nitrogen and oxygen atoms in total. The first-order valence-corrected chi connectivity index (χ1v) is 13.5. The number of anilines is 2. The molecule has 1 fully saturated rings. The zero-order valence-corrected chi connectivity index (χ0v) is 22.8. The normalized spacial score (nSPS) is 13.6. The van der Waals surface area contributed by atoms with Gasteiger partial charge in [0.2, 0.25) is 0 Å². The van der Waals surface area contributed by atoms with Crippen molar-refractivity contribution in [1.82, 2.24) is 0 Å². The molecular weight excluding hydrogens is 510 g/mol. The molecule has 0 spiro atoms. The van der Waals surface area contributed by atoms with Crippen molar-refractivity contribution in [1.29, 1.82) is 0 Å². The second kappa shape index (κ2) is 12.7. The third kappa shape index (κ3) is 7.11. The molecule has 5 rings (SSSR count).